The van der Waals surface area contributed by atoms with E-state index < -0.39 is 27.8 Å². The number of carbonyl (C=O) groups excluding carboxylic acids is 2. The topological polar surface area (TPSA) is 62.3 Å². The molecule has 0 spiro atoms. The highest BCUT2D eigenvalue weighted by atomic mass is 35.5. The first-order valence-electron chi connectivity index (χ1n) is 8.21. The molecule has 9 heteroatoms. The minimum atomic E-state index is -1.23. The van der Waals surface area contributed by atoms with Crippen LogP contribution in [0, 0.1) is 17.8 Å². The van der Waals surface area contributed by atoms with Crippen molar-refractivity contribution in [2.75, 3.05) is 23.3 Å². The van der Waals surface area contributed by atoms with Gasteiger partial charge in [-0.1, -0.05) is 23.2 Å². The lowest BCUT2D eigenvalue weighted by Gasteiger charge is -2.33. The molecule has 0 saturated carbocycles. The van der Waals surface area contributed by atoms with E-state index in [9.17, 15) is 18.4 Å². The van der Waals surface area contributed by atoms with Crippen LogP contribution in [0.15, 0.2) is 24.3 Å². The fraction of sp³-hybridized carbons (Fsp3) is 0.278. The zero-order valence-electron chi connectivity index (χ0n) is 14.0. The maximum Gasteiger partial charge on any atom is 0.236 e. The van der Waals surface area contributed by atoms with Crippen LogP contribution in [0.25, 0.3) is 0 Å². The van der Waals surface area contributed by atoms with Crippen molar-refractivity contribution in [1.29, 1.82) is 0 Å². The standard InChI is InChI=1S/C18H15Cl2F2N3O2/c19-13-15(14(20)17(22)24-16(13)21)23-18(27)11-5-7-25(8-6-11)12-3-1-10(9-26)2-4-12/h1-4,9,11H,5-8H2,(H,23,24,27). The van der Waals surface area contributed by atoms with Crippen molar-refractivity contribution < 1.29 is 18.4 Å². The number of aldehydes is 1. The normalized spacial score (nSPS) is 14.9. The van der Waals surface area contributed by atoms with Crippen LogP contribution in [-0.4, -0.2) is 30.3 Å². The number of rotatable bonds is 4. The van der Waals surface area contributed by atoms with E-state index in [2.05, 4.69) is 15.2 Å². The van der Waals surface area contributed by atoms with E-state index in [-0.39, 0.29) is 11.6 Å². The third-order valence-corrected chi connectivity index (χ3v) is 5.20. The zero-order chi connectivity index (χ0) is 19.6. The van der Waals surface area contributed by atoms with E-state index in [1.165, 1.54) is 0 Å². The quantitative estimate of drug-likeness (QED) is 0.598. The molecule has 142 valence electrons. The van der Waals surface area contributed by atoms with Gasteiger partial charge in [0.1, 0.15) is 16.3 Å². The number of benzene rings is 1. The third kappa shape index (κ3) is 4.20. The summed E-state index contributed by atoms with van der Waals surface area (Å²) in [5.74, 6) is -3.22. The minimum Gasteiger partial charge on any atom is -0.371 e. The number of amides is 1. The second-order valence-electron chi connectivity index (χ2n) is 6.16. The van der Waals surface area contributed by atoms with Crippen LogP contribution in [0.3, 0.4) is 0 Å². The Hall–Kier alpha value is -2.25. The number of anilines is 2. The lowest BCUT2D eigenvalue weighted by molar-refractivity contribution is -0.120. The fourth-order valence-corrected chi connectivity index (χ4v) is 3.40. The molecule has 1 fully saturated rings. The van der Waals surface area contributed by atoms with Gasteiger partial charge in [-0.15, -0.1) is 0 Å². The van der Waals surface area contributed by atoms with Crippen molar-refractivity contribution in [3.05, 3.63) is 51.8 Å². The largest absolute Gasteiger partial charge is 0.371 e. The van der Waals surface area contributed by atoms with Crippen LogP contribution < -0.4 is 10.2 Å². The van der Waals surface area contributed by atoms with Crippen LogP contribution in [0.1, 0.15) is 23.2 Å². The predicted molar refractivity (Wildman–Crippen MR) is 99.6 cm³/mol. The summed E-state index contributed by atoms with van der Waals surface area (Å²) in [7, 11) is 0. The van der Waals surface area contributed by atoms with Crippen LogP contribution in [0.4, 0.5) is 20.2 Å². The molecular formula is C18H15Cl2F2N3O2. The Bertz CT molecular complexity index is 844. The van der Waals surface area contributed by atoms with Gasteiger partial charge in [0.05, 0.1) is 5.69 Å². The van der Waals surface area contributed by atoms with E-state index in [4.69, 9.17) is 23.2 Å². The van der Waals surface area contributed by atoms with Crippen molar-refractivity contribution in [3.8, 4) is 0 Å². The van der Waals surface area contributed by atoms with Crippen molar-refractivity contribution in [1.82, 2.24) is 4.98 Å². The molecule has 0 unspecified atom stereocenters. The van der Waals surface area contributed by atoms with Gasteiger partial charge in [-0.2, -0.15) is 13.8 Å². The summed E-state index contributed by atoms with van der Waals surface area (Å²) in [4.78, 5) is 28.2. The summed E-state index contributed by atoms with van der Waals surface area (Å²) in [5, 5.41) is 1.37. The lowest BCUT2D eigenvalue weighted by atomic mass is 9.95. The maximum absolute atomic E-state index is 13.5. The highest BCUT2D eigenvalue weighted by molar-refractivity contribution is 6.39. The molecule has 1 N–H and O–H groups in total. The first-order valence-corrected chi connectivity index (χ1v) is 8.97. The molecule has 1 aliphatic rings. The number of hydrogen-bond acceptors (Lipinski definition) is 4. The summed E-state index contributed by atoms with van der Waals surface area (Å²) in [5.41, 5.74) is 1.25. The zero-order valence-corrected chi connectivity index (χ0v) is 15.5. The average molecular weight is 414 g/mol. The number of halogens is 4. The molecule has 1 saturated heterocycles. The van der Waals surface area contributed by atoms with E-state index >= 15 is 0 Å². The van der Waals surface area contributed by atoms with Gasteiger partial charge >= 0.3 is 0 Å². The van der Waals surface area contributed by atoms with Crippen LogP contribution in [-0.2, 0) is 4.79 Å². The first kappa shape index (κ1) is 19.5. The molecule has 1 aromatic heterocycles. The summed E-state index contributed by atoms with van der Waals surface area (Å²) in [6.45, 7) is 1.25. The Kier molecular flexibility index (Phi) is 5.92. The Balaban J connectivity index is 1.64. The van der Waals surface area contributed by atoms with Crippen molar-refractivity contribution in [2.45, 2.75) is 12.8 Å². The SMILES string of the molecule is O=Cc1ccc(N2CCC(C(=O)Nc3c(Cl)c(F)nc(F)c3Cl)CC2)cc1. The number of carbonyl (C=O) groups is 2. The van der Waals surface area contributed by atoms with Gasteiger partial charge in [-0.05, 0) is 37.1 Å². The highest BCUT2D eigenvalue weighted by Crippen LogP contribution is 2.34. The van der Waals surface area contributed by atoms with Crippen LogP contribution >= 0.6 is 23.2 Å². The number of nitrogens with one attached hydrogen (secondary N) is 1. The summed E-state index contributed by atoms with van der Waals surface area (Å²) < 4.78 is 27.0. The number of piperidine rings is 1. The molecule has 5 nitrogen and oxygen atoms in total. The van der Waals surface area contributed by atoms with Crippen LogP contribution in [0.2, 0.25) is 10.0 Å². The number of hydrogen-bond donors (Lipinski definition) is 1. The molecular weight excluding hydrogens is 399 g/mol. The van der Waals surface area contributed by atoms with Gasteiger partial charge in [-0.25, -0.2) is 0 Å². The molecule has 2 aromatic rings. The van der Waals surface area contributed by atoms with E-state index in [1.807, 2.05) is 12.1 Å². The Labute approximate surface area is 164 Å². The average Bonchev–Trinajstić information content (AvgIpc) is 2.70. The molecule has 0 radical (unpaired) electrons. The molecule has 1 aromatic carbocycles. The van der Waals surface area contributed by atoms with Gasteiger partial charge in [-0.3, -0.25) is 9.59 Å². The number of pyridine rings is 1. The van der Waals surface area contributed by atoms with Crippen LogP contribution in [0.5, 0.6) is 0 Å². The predicted octanol–water partition coefficient (Wildman–Crippen LogP) is 4.33. The van der Waals surface area contributed by atoms with E-state index in [1.54, 1.807) is 12.1 Å². The van der Waals surface area contributed by atoms with Gasteiger partial charge < -0.3 is 10.2 Å². The smallest absolute Gasteiger partial charge is 0.236 e. The fourth-order valence-electron chi connectivity index (χ4n) is 2.99. The molecule has 1 aliphatic heterocycles. The molecule has 1 amide bonds. The molecule has 3 rings (SSSR count). The van der Waals surface area contributed by atoms with Crippen molar-refractivity contribution in [2.24, 2.45) is 5.92 Å². The minimum absolute atomic E-state index is 0.305. The highest BCUT2D eigenvalue weighted by Gasteiger charge is 2.27. The summed E-state index contributed by atoms with van der Waals surface area (Å²) >= 11 is 11.5. The summed E-state index contributed by atoms with van der Waals surface area (Å²) in [6.07, 6.45) is 1.88. The van der Waals surface area contributed by atoms with Gasteiger partial charge in [0.2, 0.25) is 17.8 Å². The number of aromatic nitrogens is 1. The lowest BCUT2D eigenvalue weighted by Crippen LogP contribution is -2.38. The molecule has 0 atom stereocenters. The van der Waals surface area contributed by atoms with Gasteiger partial charge in [0.25, 0.3) is 0 Å². The van der Waals surface area contributed by atoms with E-state index in [0.29, 0.717) is 31.5 Å². The van der Waals surface area contributed by atoms with E-state index in [0.717, 1.165) is 12.0 Å². The maximum atomic E-state index is 13.5. The molecule has 27 heavy (non-hydrogen) atoms. The second kappa shape index (κ2) is 8.19. The van der Waals surface area contributed by atoms with Crippen molar-refractivity contribution in [3.63, 3.8) is 0 Å². The first-order chi connectivity index (χ1) is 12.9. The molecule has 0 bridgehead atoms. The van der Waals surface area contributed by atoms with Gasteiger partial charge in [0.15, 0.2) is 0 Å². The van der Waals surface area contributed by atoms with Crippen molar-refractivity contribution >= 4 is 46.8 Å². The third-order valence-electron chi connectivity index (χ3n) is 4.51. The second-order valence-corrected chi connectivity index (χ2v) is 6.91. The Morgan fingerprint density at radius 3 is 2.19 bits per heavy atom. The van der Waals surface area contributed by atoms with Gasteiger partial charge in [0, 0.05) is 30.3 Å². The number of nitrogens with zero attached hydrogens (tertiary/aromatic N) is 2. The Morgan fingerprint density at radius 2 is 1.67 bits per heavy atom. The summed E-state index contributed by atoms with van der Waals surface area (Å²) in [6, 6.07) is 7.17. The Morgan fingerprint density at radius 1 is 1.11 bits per heavy atom. The molecule has 2 heterocycles. The monoisotopic (exact) mass is 413 g/mol. The molecule has 0 aliphatic carbocycles.